The van der Waals surface area contributed by atoms with Gasteiger partial charge in [0.05, 0.1) is 17.4 Å². The Morgan fingerprint density at radius 3 is 1.96 bits per heavy atom. The smallest absolute Gasteiger partial charge is 0.333 e. The van der Waals surface area contributed by atoms with E-state index < -0.39 is 29.4 Å². The van der Waals surface area contributed by atoms with Gasteiger partial charge in [-0.25, -0.2) is 4.79 Å². The highest BCUT2D eigenvalue weighted by Gasteiger charge is 2.37. The molecule has 0 bridgehead atoms. The monoisotopic (exact) mass is 736 g/mol. The van der Waals surface area contributed by atoms with E-state index in [1.807, 2.05) is 0 Å². The maximum atomic E-state index is 12.8. The van der Waals surface area contributed by atoms with E-state index >= 15 is 0 Å². The van der Waals surface area contributed by atoms with Gasteiger partial charge >= 0.3 is 11.9 Å². The average Bonchev–Trinajstić information content (AvgIpc) is 3.15. The minimum Gasteiger partial charge on any atom is -0.492 e. The van der Waals surface area contributed by atoms with Crippen molar-refractivity contribution in [3.8, 4) is 16.9 Å². The van der Waals surface area contributed by atoms with Crippen molar-refractivity contribution in [1.82, 2.24) is 0 Å². The molecule has 0 saturated heterocycles. The van der Waals surface area contributed by atoms with E-state index in [2.05, 4.69) is 50.8 Å². The fourth-order valence-corrected chi connectivity index (χ4v) is 7.18. The molecule has 1 saturated carbocycles. The highest BCUT2D eigenvalue weighted by Crippen LogP contribution is 2.41. The second-order valence-electron chi connectivity index (χ2n) is 16.4. The van der Waals surface area contributed by atoms with Crippen LogP contribution in [-0.4, -0.2) is 66.9 Å². The van der Waals surface area contributed by atoms with Gasteiger partial charge in [0.2, 0.25) is 0 Å². The molecule has 0 radical (unpaired) electrons. The number of benzene rings is 2. The highest BCUT2D eigenvalue weighted by molar-refractivity contribution is 5.87. The number of hydrogen-bond acceptors (Lipinski definition) is 8. The molecule has 0 aromatic heterocycles. The van der Waals surface area contributed by atoms with Crippen molar-refractivity contribution in [2.45, 2.75) is 131 Å². The number of rotatable bonds is 22. The molecule has 0 amide bonds. The van der Waals surface area contributed by atoms with Gasteiger partial charge in [-0.3, -0.25) is 4.79 Å². The fourth-order valence-electron chi connectivity index (χ4n) is 7.18. The predicted molar refractivity (Wildman–Crippen MR) is 212 cm³/mol. The lowest BCUT2D eigenvalue weighted by Gasteiger charge is -2.32. The summed E-state index contributed by atoms with van der Waals surface area (Å²) in [5.74, 6) is 0.995. The van der Waals surface area contributed by atoms with Gasteiger partial charge in [-0.05, 0) is 143 Å². The molecule has 3 rings (SSSR count). The molecule has 0 heterocycles. The van der Waals surface area contributed by atoms with Gasteiger partial charge in [-0.1, -0.05) is 64.3 Å². The third kappa shape index (κ3) is 13.3. The van der Waals surface area contributed by atoms with E-state index in [0.29, 0.717) is 37.4 Å². The van der Waals surface area contributed by atoms with Gasteiger partial charge in [0.15, 0.2) is 0 Å². The number of carbonyl (C=O) groups excluding carboxylic acids is 2. The van der Waals surface area contributed by atoms with E-state index in [-0.39, 0.29) is 38.6 Å². The van der Waals surface area contributed by atoms with Crippen molar-refractivity contribution < 1.29 is 39.1 Å². The van der Waals surface area contributed by atoms with Gasteiger partial charge < -0.3 is 29.5 Å². The van der Waals surface area contributed by atoms with E-state index in [1.165, 1.54) is 62.5 Å². The van der Waals surface area contributed by atoms with Crippen molar-refractivity contribution in [3.05, 3.63) is 64.7 Å². The summed E-state index contributed by atoms with van der Waals surface area (Å²) >= 11 is 0. The molecule has 1 atom stereocenters. The van der Waals surface area contributed by atoms with E-state index in [9.17, 15) is 24.9 Å². The van der Waals surface area contributed by atoms with Gasteiger partial charge in [-0.15, -0.1) is 0 Å². The lowest BCUT2D eigenvalue weighted by atomic mass is 9.76. The van der Waals surface area contributed by atoms with Crippen molar-refractivity contribution in [2.24, 2.45) is 16.7 Å². The second-order valence-corrected chi connectivity index (χ2v) is 16.4. The number of aryl methyl sites for hydroxylation is 3. The third-order valence-electron chi connectivity index (χ3n) is 10.6. The van der Waals surface area contributed by atoms with Crippen molar-refractivity contribution in [3.63, 3.8) is 0 Å². The van der Waals surface area contributed by atoms with Gasteiger partial charge in [0.1, 0.15) is 25.6 Å². The summed E-state index contributed by atoms with van der Waals surface area (Å²) in [6.45, 7) is 13.8. The van der Waals surface area contributed by atoms with Crippen LogP contribution in [0.5, 0.6) is 5.75 Å². The number of aliphatic hydroxyl groups excluding tert-OH is 3. The zero-order valence-electron chi connectivity index (χ0n) is 33.6. The molecule has 2 aromatic carbocycles. The molecule has 3 N–H and O–H groups in total. The van der Waals surface area contributed by atoms with E-state index in [4.69, 9.17) is 14.2 Å². The van der Waals surface area contributed by atoms with Gasteiger partial charge in [-0.2, -0.15) is 0 Å². The Labute approximate surface area is 319 Å². The third-order valence-corrected chi connectivity index (χ3v) is 10.6. The number of aliphatic hydroxyl groups is 3. The van der Waals surface area contributed by atoms with Crippen LogP contribution in [0.25, 0.3) is 11.1 Å². The first-order chi connectivity index (χ1) is 25.3. The molecule has 8 heteroatoms. The Balaban J connectivity index is 1.98. The van der Waals surface area contributed by atoms with Crippen LogP contribution in [0.1, 0.15) is 134 Å². The van der Waals surface area contributed by atoms with Crippen molar-refractivity contribution in [2.75, 3.05) is 39.6 Å². The molecule has 0 aliphatic heterocycles. The lowest BCUT2D eigenvalue weighted by Crippen LogP contribution is -2.44. The first-order valence-electron chi connectivity index (χ1n) is 20.1. The van der Waals surface area contributed by atoms with Crippen LogP contribution in [0.4, 0.5) is 0 Å². The topological polar surface area (TPSA) is 123 Å². The Morgan fingerprint density at radius 1 is 0.811 bits per heavy atom. The Kier molecular flexibility index (Phi) is 18.0. The zero-order chi connectivity index (χ0) is 39.0. The maximum Gasteiger partial charge on any atom is 0.333 e. The first kappa shape index (κ1) is 44.2. The molecule has 1 aliphatic rings. The maximum absolute atomic E-state index is 12.8. The van der Waals surface area contributed by atoms with Crippen LogP contribution in [0.3, 0.4) is 0 Å². The Bertz CT molecular complexity index is 1440. The minimum absolute atomic E-state index is 0.00554. The van der Waals surface area contributed by atoms with E-state index in [1.54, 1.807) is 27.7 Å². The number of carbonyl (C=O) groups is 2. The number of esters is 2. The Morgan fingerprint density at radius 2 is 1.43 bits per heavy atom. The van der Waals surface area contributed by atoms with Crippen LogP contribution in [0.2, 0.25) is 0 Å². The first-order valence-corrected chi connectivity index (χ1v) is 20.1. The molecule has 1 aliphatic carbocycles. The molecule has 1 unspecified atom stereocenters. The molecule has 8 nitrogen and oxygen atoms in total. The summed E-state index contributed by atoms with van der Waals surface area (Å²) in [5.41, 5.74) is 4.92. The largest absolute Gasteiger partial charge is 0.492 e. The number of unbranched alkanes of at least 4 members (excludes halogenated alkanes) is 2. The standard InChI is InChI=1S/C45H68O8/c1-8-10-11-14-33-17-19-35(20-18-33)36-21-22-40(34(9-2)25-36)39-26-37(15-12-23-46)41(38(27-39)16-13-24-47)51-29-45(28-48,30-52-42(49)32(3)4)31-53-43(50)44(5,6)7/h21-22,25-27,33,35,46-48H,3,8-20,23-24,28-31H2,1-2,4-7H3. The summed E-state index contributed by atoms with van der Waals surface area (Å²) in [7, 11) is 0. The number of ether oxygens (including phenoxy) is 3. The van der Waals surface area contributed by atoms with Gasteiger partial charge in [0, 0.05) is 18.8 Å². The number of hydrogen-bond donors (Lipinski definition) is 3. The van der Waals surface area contributed by atoms with Crippen LogP contribution < -0.4 is 4.74 Å². The lowest BCUT2D eigenvalue weighted by molar-refractivity contribution is -0.163. The second kappa shape index (κ2) is 21.6. The molecular weight excluding hydrogens is 668 g/mol. The molecule has 0 spiro atoms. The fraction of sp³-hybridized carbons (Fsp3) is 0.644. The summed E-state index contributed by atoms with van der Waals surface area (Å²) in [5, 5.41) is 30.4. The van der Waals surface area contributed by atoms with Crippen molar-refractivity contribution >= 4 is 11.9 Å². The predicted octanol–water partition coefficient (Wildman–Crippen LogP) is 8.69. The van der Waals surface area contributed by atoms with Crippen LogP contribution in [0, 0.1) is 16.7 Å². The quantitative estimate of drug-likeness (QED) is 0.0624. The normalized spacial score (nSPS) is 17.2. The highest BCUT2D eigenvalue weighted by atomic mass is 16.6. The molecule has 2 aromatic rings. The van der Waals surface area contributed by atoms with Gasteiger partial charge in [0.25, 0.3) is 0 Å². The van der Waals surface area contributed by atoms with Crippen LogP contribution in [-0.2, 0) is 38.3 Å². The zero-order valence-corrected chi connectivity index (χ0v) is 33.6. The molecule has 1 fully saturated rings. The van der Waals surface area contributed by atoms with Crippen LogP contribution >= 0.6 is 0 Å². The minimum atomic E-state index is -1.26. The molecule has 296 valence electrons. The van der Waals surface area contributed by atoms with Crippen molar-refractivity contribution in [1.29, 1.82) is 0 Å². The van der Waals surface area contributed by atoms with Crippen LogP contribution in [0.15, 0.2) is 42.5 Å². The summed E-state index contributed by atoms with van der Waals surface area (Å²) in [4.78, 5) is 25.2. The van der Waals surface area contributed by atoms with E-state index in [0.717, 1.165) is 34.6 Å². The summed E-state index contributed by atoms with van der Waals surface area (Å²) < 4.78 is 17.7. The molecule has 53 heavy (non-hydrogen) atoms. The summed E-state index contributed by atoms with van der Waals surface area (Å²) in [6.07, 6.45) is 13.5. The molecular formula is C45H68O8. The Hall–Kier alpha value is -3.20. The average molecular weight is 737 g/mol. The SMILES string of the molecule is C=C(C)C(=O)OCC(CO)(COC(=O)C(C)(C)C)COc1c(CCCO)cc(-c2ccc(C3CCC(CCCCC)CC3)cc2CC)cc1CCCO. The summed E-state index contributed by atoms with van der Waals surface area (Å²) in [6, 6.07) is 11.2.